The molecule has 1 aliphatic heterocycles. The van der Waals surface area contributed by atoms with Gasteiger partial charge in [-0.3, -0.25) is 0 Å². The van der Waals surface area contributed by atoms with Crippen molar-refractivity contribution in [1.29, 1.82) is 0 Å². The standard InChI is InChI=1S/C7H15S2Si.Li/c1-10(2,3)7-8-5-4-6-9-7;/h4-6H2,1-3H3;. The second kappa shape index (κ2) is 3.71. The van der Waals surface area contributed by atoms with E-state index in [1.165, 1.54) is 17.9 Å². The normalized spacial score (nSPS) is 25.2. The van der Waals surface area contributed by atoms with Crippen LogP contribution in [0.1, 0.15) is 6.42 Å². The Morgan fingerprint density at radius 2 is 1.64 bits per heavy atom. The molecular weight excluding hydrogens is 183 g/mol. The molecular formula is C7H15LiS2Si. The van der Waals surface area contributed by atoms with Crippen LogP contribution in [0.3, 0.4) is 0 Å². The van der Waals surface area contributed by atoms with Crippen LogP contribution in [0.4, 0.5) is 0 Å². The first-order valence-electron chi connectivity index (χ1n) is 4.24. The molecule has 1 fully saturated rings. The fourth-order valence-corrected chi connectivity index (χ4v) is 7.52. The van der Waals surface area contributed by atoms with E-state index in [9.17, 15) is 0 Å². The Morgan fingerprint density at radius 3 is 1.91 bits per heavy atom. The Bertz CT molecular complexity index is 138. The molecule has 0 aromatic carbocycles. The van der Waals surface area contributed by atoms with E-state index in [-0.39, 0.29) is 0 Å². The first-order valence-corrected chi connectivity index (χ1v) is 9.71. The van der Waals surface area contributed by atoms with Gasteiger partial charge in [-0.05, 0) is 0 Å². The molecule has 11 heavy (non-hydrogen) atoms. The summed E-state index contributed by atoms with van der Waals surface area (Å²) in [7, 11) is -0.955. The van der Waals surface area contributed by atoms with Crippen LogP contribution in [-0.2, 0) is 0 Å². The van der Waals surface area contributed by atoms with Crippen LogP contribution in [0.15, 0.2) is 0 Å². The summed E-state index contributed by atoms with van der Waals surface area (Å²) in [6.45, 7) is 7.45. The van der Waals surface area contributed by atoms with Crippen molar-refractivity contribution in [3.05, 3.63) is 0 Å². The monoisotopic (exact) mass is 198 g/mol. The summed E-state index contributed by atoms with van der Waals surface area (Å²) >= 11 is 6.85. The summed E-state index contributed by atoms with van der Waals surface area (Å²) in [4.78, 5) is 0. The van der Waals surface area contributed by atoms with Crippen molar-refractivity contribution in [1.82, 2.24) is 0 Å². The summed E-state index contributed by atoms with van der Waals surface area (Å²) in [6.07, 6.45) is 1.41. The van der Waals surface area contributed by atoms with Crippen LogP contribution in [0.5, 0.6) is 0 Å². The second-order valence-electron chi connectivity index (χ2n) is 4.25. The van der Waals surface area contributed by atoms with Gasteiger partial charge in [0.05, 0.1) is 0 Å². The van der Waals surface area contributed by atoms with Gasteiger partial charge in [0.25, 0.3) is 0 Å². The first-order chi connectivity index (χ1) is 4.96. The average Bonchev–Trinajstić information content (AvgIpc) is 1.87. The number of thioether (sulfide) groups is 2. The quantitative estimate of drug-likeness (QED) is 0.594. The summed E-state index contributed by atoms with van der Waals surface area (Å²) in [5.74, 6) is 2.77. The maximum atomic E-state index is 2.48. The van der Waals surface area contributed by atoms with Crippen LogP contribution in [-0.4, -0.2) is 39.7 Å². The Morgan fingerprint density at radius 1 is 1.18 bits per heavy atom. The van der Waals surface area contributed by atoms with Gasteiger partial charge in [-0.15, -0.1) is 0 Å². The SMILES string of the molecule is [Li][C]1([Si](C)(C)C)SCCCS1. The van der Waals surface area contributed by atoms with Gasteiger partial charge in [-0.1, -0.05) is 0 Å². The predicted octanol–water partition coefficient (Wildman–Crippen LogP) is 2.56. The van der Waals surface area contributed by atoms with E-state index in [2.05, 4.69) is 60.9 Å². The fraction of sp³-hybridized carbons (Fsp3) is 1.00. The molecule has 4 heteroatoms. The Kier molecular flexibility index (Phi) is 3.58. The van der Waals surface area contributed by atoms with Crippen molar-refractivity contribution in [2.24, 2.45) is 0 Å². The van der Waals surface area contributed by atoms with Crippen LogP contribution >= 0.6 is 23.5 Å². The molecule has 0 bridgehead atoms. The van der Waals surface area contributed by atoms with Crippen molar-refractivity contribution in [3.63, 3.8) is 0 Å². The molecule has 60 valence electrons. The van der Waals surface area contributed by atoms with Crippen molar-refractivity contribution in [2.45, 2.75) is 28.4 Å². The topological polar surface area (TPSA) is 0 Å². The molecule has 0 aromatic rings. The van der Waals surface area contributed by atoms with Gasteiger partial charge in [0.15, 0.2) is 0 Å². The summed E-state index contributed by atoms with van der Waals surface area (Å²) < 4.78 is 0.589. The van der Waals surface area contributed by atoms with Crippen LogP contribution in [0.25, 0.3) is 0 Å². The number of hydrogen-bond donors (Lipinski definition) is 0. The first kappa shape index (κ1) is 10.6. The third kappa shape index (κ3) is 2.48. The molecule has 0 radical (unpaired) electrons. The Balaban J connectivity index is 2.64. The van der Waals surface area contributed by atoms with Crippen LogP contribution in [0, 0.1) is 0 Å². The van der Waals surface area contributed by atoms with E-state index in [1.807, 2.05) is 0 Å². The molecule has 0 unspecified atom stereocenters. The van der Waals surface area contributed by atoms with E-state index < -0.39 is 8.07 Å². The van der Waals surface area contributed by atoms with Crippen molar-refractivity contribution < 1.29 is 0 Å². The van der Waals surface area contributed by atoms with Gasteiger partial charge in [-0.2, -0.15) is 0 Å². The van der Waals surface area contributed by atoms with Gasteiger partial charge in [0.1, 0.15) is 0 Å². The molecule has 0 nitrogen and oxygen atoms in total. The molecule has 0 saturated carbocycles. The predicted molar refractivity (Wildman–Crippen MR) is 61.4 cm³/mol. The second-order valence-corrected chi connectivity index (χ2v) is 13.8. The van der Waals surface area contributed by atoms with Gasteiger partial charge in [0.2, 0.25) is 0 Å². The van der Waals surface area contributed by atoms with Gasteiger partial charge in [-0.25, -0.2) is 0 Å². The fourth-order valence-electron chi connectivity index (χ4n) is 1.07. The Labute approximate surface area is 88.9 Å². The molecule has 0 spiro atoms. The minimum absolute atomic E-state index is 0.589. The van der Waals surface area contributed by atoms with Gasteiger partial charge < -0.3 is 0 Å². The van der Waals surface area contributed by atoms with E-state index in [1.54, 1.807) is 0 Å². The van der Waals surface area contributed by atoms with Crippen LogP contribution in [0.2, 0.25) is 19.6 Å². The van der Waals surface area contributed by atoms with Crippen molar-refractivity contribution in [2.75, 3.05) is 11.5 Å². The molecule has 1 saturated heterocycles. The average molecular weight is 198 g/mol. The molecule has 0 atom stereocenters. The molecule has 0 aromatic heterocycles. The van der Waals surface area contributed by atoms with Crippen LogP contribution < -0.4 is 0 Å². The Hall–Kier alpha value is 1.51. The molecule has 1 heterocycles. The van der Waals surface area contributed by atoms with Crippen molar-refractivity contribution in [3.8, 4) is 0 Å². The maximum absolute atomic E-state index is 2.48. The summed E-state index contributed by atoms with van der Waals surface area (Å²) in [5.41, 5.74) is 0. The molecule has 0 amide bonds. The van der Waals surface area contributed by atoms with Gasteiger partial charge in [0, 0.05) is 0 Å². The molecule has 0 aliphatic carbocycles. The van der Waals surface area contributed by atoms with Gasteiger partial charge >= 0.3 is 89.3 Å². The third-order valence-electron chi connectivity index (χ3n) is 2.41. The summed E-state index contributed by atoms with van der Waals surface area (Å²) in [5, 5.41) is 0. The zero-order valence-electron chi connectivity index (χ0n) is 7.94. The van der Waals surface area contributed by atoms with E-state index in [0.717, 1.165) is 0 Å². The molecule has 1 aliphatic rings. The summed E-state index contributed by atoms with van der Waals surface area (Å²) in [6, 6.07) is 0. The zero-order valence-corrected chi connectivity index (χ0v) is 10.6. The zero-order chi connectivity index (χ0) is 8.54. The number of hydrogen-bond acceptors (Lipinski definition) is 2. The number of rotatable bonds is 1. The van der Waals surface area contributed by atoms with Crippen molar-refractivity contribution >= 4 is 49.3 Å². The van der Waals surface area contributed by atoms with E-state index in [0.29, 0.717) is 2.38 Å². The van der Waals surface area contributed by atoms with E-state index >= 15 is 0 Å². The van der Waals surface area contributed by atoms with E-state index in [4.69, 9.17) is 0 Å². The molecule has 0 N–H and O–H groups in total. The third-order valence-corrected chi connectivity index (χ3v) is 12.5. The minimum atomic E-state index is -0.955. The molecule has 1 rings (SSSR count).